The van der Waals surface area contributed by atoms with Crippen LogP contribution in [0.3, 0.4) is 0 Å². The molecule has 0 aromatic rings. The smallest absolute Gasteiger partial charge is 0.326 e. The van der Waals surface area contributed by atoms with Crippen molar-refractivity contribution in [3.63, 3.8) is 0 Å². The van der Waals surface area contributed by atoms with Crippen molar-refractivity contribution in [3.05, 3.63) is 0 Å². The molecule has 2 atom stereocenters. The molecule has 2 aliphatic heterocycles. The van der Waals surface area contributed by atoms with Gasteiger partial charge in [-0.15, -0.1) is 0 Å². The summed E-state index contributed by atoms with van der Waals surface area (Å²) in [5.74, 6) is -0.999. The molecule has 0 spiro atoms. The fourth-order valence-electron chi connectivity index (χ4n) is 2.55. The van der Waals surface area contributed by atoms with Gasteiger partial charge in [0.2, 0.25) is 5.91 Å². The molecule has 2 saturated heterocycles. The molecule has 0 aromatic carbocycles. The second-order valence-electron chi connectivity index (χ2n) is 4.84. The maximum absolute atomic E-state index is 12.1. The number of rotatable bonds is 3. The number of morpholine rings is 1. The summed E-state index contributed by atoms with van der Waals surface area (Å²) in [4.78, 5) is 24.8. The first-order valence-electron chi connectivity index (χ1n) is 6.53. The standard InChI is InChI=1S/C12H20N2O4/c15-11(7-9-8-13-4-6-18-9)14-5-2-1-3-10(14)12(16)17/h9-10,13H,1-8H2,(H,16,17)/t9?,10-/m1/s1. The molecule has 6 nitrogen and oxygen atoms in total. The van der Waals surface area contributed by atoms with Gasteiger partial charge in [0.15, 0.2) is 0 Å². The van der Waals surface area contributed by atoms with Gasteiger partial charge < -0.3 is 20.1 Å². The Labute approximate surface area is 106 Å². The van der Waals surface area contributed by atoms with Crippen molar-refractivity contribution in [2.45, 2.75) is 37.8 Å². The van der Waals surface area contributed by atoms with E-state index in [4.69, 9.17) is 9.84 Å². The number of carbonyl (C=O) groups excluding carboxylic acids is 1. The van der Waals surface area contributed by atoms with Crippen LogP contribution in [-0.2, 0) is 14.3 Å². The number of ether oxygens (including phenoxy) is 1. The Bertz CT molecular complexity index is 315. The summed E-state index contributed by atoms with van der Waals surface area (Å²) < 4.78 is 5.48. The van der Waals surface area contributed by atoms with Gasteiger partial charge in [0.05, 0.1) is 19.1 Å². The molecule has 1 amide bonds. The van der Waals surface area contributed by atoms with E-state index in [1.807, 2.05) is 0 Å². The number of hydrogen-bond acceptors (Lipinski definition) is 4. The molecule has 0 bridgehead atoms. The van der Waals surface area contributed by atoms with Crippen LogP contribution in [0.2, 0.25) is 0 Å². The highest BCUT2D eigenvalue weighted by Crippen LogP contribution is 2.19. The zero-order chi connectivity index (χ0) is 13.0. The number of nitrogens with zero attached hydrogens (tertiary/aromatic N) is 1. The Morgan fingerprint density at radius 2 is 2.22 bits per heavy atom. The SMILES string of the molecule is O=C(O)[C@H]1CCCCN1C(=O)CC1CNCCO1. The van der Waals surface area contributed by atoms with Crippen molar-refractivity contribution < 1.29 is 19.4 Å². The summed E-state index contributed by atoms with van der Waals surface area (Å²) in [6, 6.07) is -0.650. The van der Waals surface area contributed by atoms with Gasteiger partial charge in [-0.25, -0.2) is 4.79 Å². The number of amides is 1. The van der Waals surface area contributed by atoms with E-state index in [9.17, 15) is 9.59 Å². The molecule has 2 N–H and O–H groups in total. The minimum atomic E-state index is -0.897. The fourth-order valence-corrected chi connectivity index (χ4v) is 2.55. The van der Waals surface area contributed by atoms with Gasteiger partial charge >= 0.3 is 5.97 Å². The van der Waals surface area contributed by atoms with Crippen LogP contribution in [0.4, 0.5) is 0 Å². The number of likely N-dealkylation sites (tertiary alicyclic amines) is 1. The Hall–Kier alpha value is -1.14. The maximum Gasteiger partial charge on any atom is 0.326 e. The van der Waals surface area contributed by atoms with Gasteiger partial charge in [-0.3, -0.25) is 4.79 Å². The quantitative estimate of drug-likeness (QED) is 0.733. The highest BCUT2D eigenvalue weighted by molar-refractivity contribution is 5.84. The van der Waals surface area contributed by atoms with E-state index in [0.29, 0.717) is 26.1 Å². The summed E-state index contributed by atoms with van der Waals surface area (Å²) >= 11 is 0. The molecule has 0 saturated carbocycles. The molecule has 2 rings (SSSR count). The summed E-state index contributed by atoms with van der Waals surface area (Å²) in [5.41, 5.74) is 0. The van der Waals surface area contributed by atoms with Gasteiger partial charge in [0, 0.05) is 19.6 Å². The number of carboxylic acid groups (broad SMARTS) is 1. The number of carbonyl (C=O) groups is 2. The van der Waals surface area contributed by atoms with Gasteiger partial charge in [-0.2, -0.15) is 0 Å². The van der Waals surface area contributed by atoms with Crippen molar-refractivity contribution >= 4 is 11.9 Å². The lowest BCUT2D eigenvalue weighted by molar-refractivity contribution is -0.153. The molecule has 1 unspecified atom stereocenters. The monoisotopic (exact) mass is 256 g/mol. The third-order valence-electron chi connectivity index (χ3n) is 3.51. The van der Waals surface area contributed by atoms with Gasteiger partial charge in [-0.05, 0) is 19.3 Å². The van der Waals surface area contributed by atoms with Crippen LogP contribution in [0.5, 0.6) is 0 Å². The molecule has 18 heavy (non-hydrogen) atoms. The lowest BCUT2D eigenvalue weighted by atomic mass is 10.0. The third kappa shape index (κ3) is 3.20. The van der Waals surface area contributed by atoms with Crippen LogP contribution in [0.15, 0.2) is 0 Å². The maximum atomic E-state index is 12.1. The molecule has 6 heteroatoms. The van der Waals surface area contributed by atoms with E-state index in [-0.39, 0.29) is 18.4 Å². The first-order valence-corrected chi connectivity index (χ1v) is 6.53. The van der Waals surface area contributed by atoms with Crippen molar-refractivity contribution in [1.82, 2.24) is 10.2 Å². The average molecular weight is 256 g/mol. The minimum Gasteiger partial charge on any atom is -0.480 e. The Kier molecular flexibility index (Phi) is 4.54. The van der Waals surface area contributed by atoms with E-state index in [1.165, 1.54) is 4.90 Å². The highest BCUT2D eigenvalue weighted by atomic mass is 16.5. The molecular weight excluding hydrogens is 236 g/mol. The van der Waals surface area contributed by atoms with E-state index in [2.05, 4.69) is 5.32 Å². The molecule has 2 aliphatic rings. The summed E-state index contributed by atoms with van der Waals surface area (Å²) in [7, 11) is 0. The second kappa shape index (κ2) is 6.15. The van der Waals surface area contributed by atoms with Gasteiger partial charge in [0.1, 0.15) is 6.04 Å². The zero-order valence-electron chi connectivity index (χ0n) is 10.4. The summed E-state index contributed by atoms with van der Waals surface area (Å²) in [5, 5.41) is 12.3. The van der Waals surface area contributed by atoms with Crippen LogP contribution in [0.1, 0.15) is 25.7 Å². The van der Waals surface area contributed by atoms with E-state index >= 15 is 0 Å². The fraction of sp³-hybridized carbons (Fsp3) is 0.833. The second-order valence-corrected chi connectivity index (χ2v) is 4.84. The molecular formula is C12H20N2O4. The minimum absolute atomic E-state index is 0.101. The van der Waals surface area contributed by atoms with Crippen LogP contribution in [0.25, 0.3) is 0 Å². The largest absolute Gasteiger partial charge is 0.480 e. The van der Waals surface area contributed by atoms with Crippen molar-refractivity contribution in [2.24, 2.45) is 0 Å². The number of piperidine rings is 1. The molecule has 0 aromatic heterocycles. The van der Waals surface area contributed by atoms with Crippen molar-refractivity contribution in [1.29, 1.82) is 0 Å². The summed E-state index contributed by atoms with van der Waals surface area (Å²) in [6.07, 6.45) is 2.48. The highest BCUT2D eigenvalue weighted by Gasteiger charge is 2.33. The Morgan fingerprint density at radius 1 is 1.39 bits per heavy atom. The first-order chi connectivity index (χ1) is 8.68. The predicted molar refractivity (Wildman–Crippen MR) is 64.2 cm³/mol. The average Bonchev–Trinajstić information content (AvgIpc) is 2.40. The Balaban J connectivity index is 1.91. The van der Waals surface area contributed by atoms with Gasteiger partial charge in [0.25, 0.3) is 0 Å². The van der Waals surface area contributed by atoms with Crippen LogP contribution in [0, 0.1) is 0 Å². The van der Waals surface area contributed by atoms with Crippen LogP contribution < -0.4 is 5.32 Å². The molecule has 0 aliphatic carbocycles. The Morgan fingerprint density at radius 3 is 2.89 bits per heavy atom. The van der Waals surface area contributed by atoms with Crippen LogP contribution >= 0.6 is 0 Å². The zero-order valence-corrected chi connectivity index (χ0v) is 10.4. The molecule has 2 heterocycles. The molecule has 102 valence electrons. The van der Waals surface area contributed by atoms with Gasteiger partial charge in [-0.1, -0.05) is 0 Å². The topological polar surface area (TPSA) is 78.9 Å². The van der Waals surface area contributed by atoms with E-state index in [1.54, 1.807) is 0 Å². The first kappa shape index (κ1) is 13.3. The van der Waals surface area contributed by atoms with Crippen molar-refractivity contribution in [2.75, 3.05) is 26.2 Å². The van der Waals surface area contributed by atoms with Crippen LogP contribution in [-0.4, -0.2) is 60.3 Å². The summed E-state index contributed by atoms with van der Waals surface area (Å²) in [6.45, 7) is 2.64. The lowest BCUT2D eigenvalue weighted by Gasteiger charge is -2.34. The number of hydrogen-bond donors (Lipinski definition) is 2. The molecule has 2 fully saturated rings. The van der Waals surface area contributed by atoms with E-state index < -0.39 is 12.0 Å². The number of nitrogens with one attached hydrogen (secondary N) is 1. The normalized spacial score (nSPS) is 29.0. The number of carboxylic acids is 1. The number of aliphatic carboxylic acids is 1. The lowest BCUT2D eigenvalue weighted by Crippen LogP contribution is -2.50. The van der Waals surface area contributed by atoms with E-state index in [0.717, 1.165) is 19.4 Å². The van der Waals surface area contributed by atoms with Crippen molar-refractivity contribution in [3.8, 4) is 0 Å². The predicted octanol–water partition coefficient (Wildman–Crippen LogP) is -0.169. The molecule has 0 radical (unpaired) electrons. The third-order valence-corrected chi connectivity index (χ3v) is 3.51.